The Bertz CT molecular complexity index is 344. The van der Waals surface area contributed by atoms with Crippen molar-refractivity contribution >= 4 is 0 Å². The van der Waals surface area contributed by atoms with Crippen molar-refractivity contribution in [3.05, 3.63) is 27.8 Å². The lowest BCUT2D eigenvalue weighted by Crippen LogP contribution is -2.14. The largest absolute Gasteiger partial charge is 0.507 e. The molecule has 0 aliphatic rings. The van der Waals surface area contributed by atoms with E-state index >= 15 is 0 Å². The number of phenols is 1. The predicted molar refractivity (Wildman–Crippen MR) is 61.3 cm³/mol. The van der Waals surface area contributed by atoms with Gasteiger partial charge in [-0.05, 0) is 36.1 Å². The van der Waals surface area contributed by atoms with Gasteiger partial charge >= 0.3 is 0 Å². The minimum absolute atomic E-state index is 0.257. The van der Waals surface area contributed by atoms with Crippen LogP contribution < -0.4 is 17.2 Å². The molecule has 0 unspecified atom stereocenters. The molecule has 4 nitrogen and oxygen atoms in total. The van der Waals surface area contributed by atoms with Crippen LogP contribution in [0, 0.1) is 13.8 Å². The molecule has 0 radical (unpaired) electrons. The van der Waals surface area contributed by atoms with E-state index in [1.165, 1.54) is 0 Å². The van der Waals surface area contributed by atoms with Crippen LogP contribution in [0.25, 0.3) is 0 Å². The molecule has 0 spiro atoms. The van der Waals surface area contributed by atoms with E-state index in [2.05, 4.69) is 0 Å². The van der Waals surface area contributed by atoms with Gasteiger partial charge in [0.2, 0.25) is 0 Å². The third-order valence-corrected chi connectivity index (χ3v) is 3.00. The number of benzene rings is 1. The van der Waals surface area contributed by atoms with Crippen molar-refractivity contribution in [3.8, 4) is 5.75 Å². The number of rotatable bonds is 3. The van der Waals surface area contributed by atoms with E-state index in [1.807, 2.05) is 13.8 Å². The Morgan fingerprint density at radius 1 is 0.800 bits per heavy atom. The summed E-state index contributed by atoms with van der Waals surface area (Å²) in [6.07, 6.45) is 0. The lowest BCUT2D eigenvalue weighted by molar-refractivity contribution is 0.461. The van der Waals surface area contributed by atoms with Crippen molar-refractivity contribution in [2.75, 3.05) is 0 Å². The van der Waals surface area contributed by atoms with Gasteiger partial charge in [0, 0.05) is 25.2 Å². The van der Waals surface area contributed by atoms with Gasteiger partial charge in [-0.15, -0.1) is 0 Å². The minimum atomic E-state index is 0.257. The van der Waals surface area contributed by atoms with Gasteiger partial charge in [-0.1, -0.05) is 0 Å². The SMILES string of the molecule is Cc1c(C)c(CN)c(CN)c(CN)c1O. The van der Waals surface area contributed by atoms with Crippen LogP contribution in [-0.4, -0.2) is 5.11 Å². The first-order valence-electron chi connectivity index (χ1n) is 5.01. The summed E-state index contributed by atoms with van der Waals surface area (Å²) in [5.41, 5.74) is 21.4. The quantitative estimate of drug-likeness (QED) is 0.578. The van der Waals surface area contributed by atoms with Crippen molar-refractivity contribution < 1.29 is 5.11 Å². The van der Waals surface area contributed by atoms with Crippen molar-refractivity contribution in [1.82, 2.24) is 0 Å². The summed E-state index contributed by atoms with van der Waals surface area (Å²) in [5.74, 6) is 0.257. The molecule has 4 heteroatoms. The Kier molecular flexibility index (Phi) is 3.68. The van der Waals surface area contributed by atoms with Gasteiger partial charge < -0.3 is 22.3 Å². The van der Waals surface area contributed by atoms with Crippen LogP contribution in [0.5, 0.6) is 5.75 Å². The zero-order valence-electron chi connectivity index (χ0n) is 9.30. The van der Waals surface area contributed by atoms with Gasteiger partial charge in [0.05, 0.1) is 0 Å². The van der Waals surface area contributed by atoms with E-state index in [0.29, 0.717) is 13.1 Å². The number of nitrogens with two attached hydrogens (primary N) is 3. The van der Waals surface area contributed by atoms with Crippen LogP contribution in [0.1, 0.15) is 27.8 Å². The highest BCUT2D eigenvalue weighted by Gasteiger charge is 2.16. The molecule has 1 rings (SSSR count). The van der Waals surface area contributed by atoms with Crippen LogP contribution in [-0.2, 0) is 19.6 Å². The molecule has 0 amide bonds. The minimum Gasteiger partial charge on any atom is -0.507 e. The van der Waals surface area contributed by atoms with E-state index in [4.69, 9.17) is 17.2 Å². The molecule has 0 aliphatic heterocycles. The molecule has 0 saturated heterocycles. The maximum absolute atomic E-state index is 9.93. The van der Waals surface area contributed by atoms with E-state index in [-0.39, 0.29) is 12.3 Å². The number of hydrogen-bond acceptors (Lipinski definition) is 4. The zero-order valence-corrected chi connectivity index (χ0v) is 9.30. The molecule has 0 heterocycles. The van der Waals surface area contributed by atoms with Crippen LogP contribution >= 0.6 is 0 Å². The second-order valence-corrected chi connectivity index (χ2v) is 3.65. The molecule has 0 atom stereocenters. The van der Waals surface area contributed by atoms with Crippen LogP contribution in [0.4, 0.5) is 0 Å². The Morgan fingerprint density at radius 3 is 1.67 bits per heavy atom. The molecule has 7 N–H and O–H groups in total. The predicted octanol–water partition coefficient (Wildman–Crippen LogP) is 0.385. The standard InChI is InChI=1S/C11H19N3O/c1-6-7(2)11(15)10(5-14)9(4-13)8(6)3-12/h15H,3-5,12-14H2,1-2H3. The fourth-order valence-corrected chi connectivity index (χ4v) is 1.92. The summed E-state index contributed by atoms with van der Waals surface area (Å²) >= 11 is 0. The third-order valence-electron chi connectivity index (χ3n) is 3.00. The summed E-state index contributed by atoms with van der Waals surface area (Å²) in [4.78, 5) is 0. The summed E-state index contributed by atoms with van der Waals surface area (Å²) in [7, 11) is 0. The van der Waals surface area contributed by atoms with Gasteiger partial charge in [0.15, 0.2) is 0 Å². The summed E-state index contributed by atoms with van der Waals surface area (Å²) in [6.45, 7) is 4.87. The topological polar surface area (TPSA) is 98.3 Å². The molecule has 1 aromatic rings. The van der Waals surface area contributed by atoms with E-state index in [9.17, 15) is 5.11 Å². The first-order valence-corrected chi connectivity index (χ1v) is 5.01. The Balaban J connectivity index is 3.59. The smallest absolute Gasteiger partial charge is 0.123 e. The third kappa shape index (κ3) is 1.84. The van der Waals surface area contributed by atoms with Gasteiger partial charge in [-0.3, -0.25) is 0 Å². The maximum atomic E-state index is 9.93. The zero-order chi connectivity index (χ0) is 11.6. The fourth-order valence-electron chi connectivity index (χ4n) is 1.92. The highest BCUT2D eigenvalue weighted by molar-refractivity contribution is 5.54. The highest BCUT2D eigenvalue weighted by atomic mass is 16.3. The molecule has 0 bridgehead atoms. The van der Waals surface area contributed by atoms with Gasteiger partial charge in [-0.25, -0.2) is 0 Å². The van der Waals surface area contributed by atoms with Crippen LogP contribution in [0.2, 0.25) is 0 Å². The lowest BCUT2D eigenvalue weighted by Gasteiger charge is -2.18. The molecule has 0 aromatic heterocycles. The monoisotopic (exact) mass is 209 g/mol. The lowest BCUT2D eigenvalue weighted by atomic mass is 9.91. The normalized spacial score (nSPS) is 10.7. The molecule has 84 valence electrons. The van der Waals surface area contributed by atoms with Crippen molar-refractivity contribution in [3.63, 3.8) is 0 Å². The van der Waals surface area contributed by atoms with Gasteiger partial charge in [-0.2, -0.15) is 0 Å². The van der Waals surface area contributed by atoms with Crippen molar-refractivity contribution in [2.45, 2.75) is 33.5 Å². The highest BCUT2D eigenvalue weighted by Crippen LogP contribution is 2.31. The van der Waals surface area contributed by atoms with Gasteiger partial charge in [0.1, 0.15) is 5.75 Å². The molecule has 1 aromatic carbocycles. The first kappa shape index (κ1) is 12.0. The van der Waals surface area contributed by atoms with E-state index in [0.717, 1.165) is 27.8 Å². The fraction of sp³-hybridized carbons (Fsp3) is 0.455. The average molecular weight is 209 g/mol. The second-order valence-electron chi connectivity index (χ2n) is 3.65. The summed E-state index contributed by atoms with van der Waals surface area (Å²) in [5, 5.41) is 9.93. The Labute approximate surface area is 90.1 Å². The van der Waals surface area contributed by atoms with E-state index in [1.54, 1.807) is 0 Å². The van der Waals surface area contributed by atoms with Crippen LogP contribution in [0.3, 0.4) is 0 Å². The maximum Gasteiger partial charge on any atom is 0.123 e. The van der Waals surface area contributed by atoms with Crippen LogP contribution in [0.15, 0.2) is 0 Å². The Hall–Kier alpha value is -1.10. The number of hydrogen-bond donors (Lipinski definition) is 4. The molecular formula is C11H19N3O. The Morgan fingerprint density at radius 2 is 1.27 bits per heavy atom. The van der Waals surface area contributed by atoms with E-state index < -0.39 is 0 Å². The van der Waals surface area contributed by atoms with Crippen molar-refractivity contribution in [2.24, 2.45) is 17.2 Å². The molecule has 15 heavy (non-hydrogen) atoms. The number of aromatic hydroxyl groups is 1. The molecular weight excluding hydrogens is 190 g/mol. The first-order chi connectivity index (χ1) is 7.08. The summed E-state index contributed by atoms with van der Waals surface area (Å²) < 4.78 is 0. The van der Waals surface area contributed by atoms with Gasteiger partial charge in [0.25, 0.3) is 0 Å². The average Bonchev–Trinajstić information content (AvgIpc) is 2.25. The number of phenolic OH excluding ortho intramolecular Hbond substituents is 1. The summed E-state index contributed by atoms with van der Waals surface area (Å²) in [6, 6.07) is 0. The molecule has 0 aliphatic carbocycles. The second kappa shape index (κ2) is 4.61. The molecule has 0 saturated carbocycles. The molecule has 0 fully saturated rings. The van der Waals surface area contributed by atoms with Crippen molar-refractivity contribution in [1.29, 1.82) is 0 Å².